The molecule has 3 amide bonds. The van der Waals surface area contributed by atoms with Gasteiger partial charge in [0.25, 0.3) is 0 Å². The van der Waals surface area contributed by atoms with Crippen LogP contribution in [0.2, 0.25) is 0 Å². The molecule has 0 radical (unpaired) electrons. The van der Waals surface area contributed by atoms with Gasteiger partial charge in [-0.1, -0.05) is 24.3 Å². The van der Waals surface area contributed by atoms with Gasteiger partial charge in [-0.3, -0.25) is 10.3 Å². The van der Waals surface area contributed by atoms with Gasteiger partial charge in [-0.15, -0.1) is 12.4 Å². The van der Waals surface area contributed by atoms with E-state index in [9.17, 15) is 9.59 Å². The first-order chi connectivity index (χ1) is 13.7. The summed E-state index contributed by atoms with van der Waals surface area (Å²) in [5.74, 6) is 0.458. The van der Waals surface area contributed by atoms with Crippen LogP contribution in [0.15, 0.2) is 55.0 Å². The maximum Gasteiger partial charge on any atom is 0.407 e. The topological polar surface area (TPSA) is 105 Å². The zero-order valence-electron chi connectivity index (χ0n) is 15.8. The molecule has 2 heterocycles. The van der Waals surface area contributed by atoms with Crippen LogP contribution in [0.5, 0.6) is 0 Å². The lowest BCUT2D eigenvalue weighted by Crippen LogP contribution is -2.28. The van der Waals surface area contributed by atoms with Crippen molar-refractivity contribution in [2.24, 2.45) is 0 Å². The number of benzene rings is 1. The van der Waals surface area contributed by atoms with Crippen molar-refractivity contribution in [2.75, 3.05) is 11.9 Å². The number of nitrogens with one attached hydrogen (secondary N) is 3. The van der Waals surface area contributed by atoms with Gasteiger partial charge in [0.1, 0.15) is 12.4 Å². The minimum atomic E-state index is -0.511. The number of pyridine rings is 2. The third-order valence-electron chi connectivity index (χ3n) is 3.95. The molecule has 0 aliphatic carbocycles. The van der Waals surface area contributed by atoms with Crippen molar-refractivity contribution >= 4 is 41.1 Å². The molecule has 0 unspecified atom stereocenters. The molecule has 2 aromatic heterocycles. The Labute approximate surface area is 174 Å². The molecule has 152 valence electrons. The number of urea groups is 1. The standard InChI is InChI=1S/C20H21N5O3.ClH/c1-2-22-19(26)25-18-9-15-6-3-7-16(17(15)12-23-18)11-24-20(27)28-13-14-5-4-8-21-10-14;/h3-10,12H,2,11,13H2,1H3,(H,24,27)(H2,22,23,25,26);1H. The quantitative estimate of drug-likeness (QED) is 0.570. The highest BCUT2D eigenvalue weighted by atomic mass is 35.5. The molecule has 0 bridgehead atoms. The van der Waals surface area contributed by atoms with Crippen LogP contribution in [0.4, 0.5) is 15.4 Å². The van der Waals surface area contributed by atoms with E-state index >= 15 is 0 Å². The molecule has 3 rings (SSSR count). The first-order valence-corrected chi connectivity index (χ1v) is 8.87. The van der Waals surface area contributed by atoms with Crippen molar-refractivity contribution in [1.82, 2.24) is 20.6 Å². The van der Waals surface area contributed by atoms with Gasteiger partial charge in [-0.25, -0.2) is 14.6 Å². The molecule has 0 saturated carbocycles. The Hall–Kier alpha value is -3.39. The van der Waals surface area contributed by atoms with E-state index < -0.39 is 6.09 Å². The highest BCUT2D eigenvalue weighted by molar-refractivity contribution is 5.92. The van der Waals surface area contributed by atoms with Crippen LogP contribution in [-0.2, 0) is 17.9 Å². The maximum atomic E-state index is 11.9. The van der Waals surface area contributed by atoms with Crippen molar-refractivity contribution in [3.05, 3.63) is 66.1 Å². The van der Waals surface area contributed by atoms with Crippen LogP contribution in [0, 0.1) is 0 Å². The molecule has 3 aromatic rings. The first-order valence-electron chi connectivity index (χ1n) is 8.87. The number of fused-ring (bicyclic) bond motifs is 1. The van der Waals surface area contributed by atoms with E-state index in [4.69, 9.17) is 4.74 Å². The number of anilines is 1. The van der Waals surface area contributed by atoms with E-state index in [2.05, 4.69) is 25.9 Å². The normalized spacial score (nSPS) is 9.97. The molecule has 3 N–H and O–H groups in total. The van der Waals surface area contributed by atoms with Gasteiger partial charge in [0, 0.05) is 42.6 Å². The van der Waals surface area contributed by atoms with Crippen LogP contribution in [0.1, 0.15) is 18.1 Å². The largest absolute Gasteiger partial charge is 0.445 e. The van der Waals surface area contributed by atoms with Gasteiger partial charge in [-0.2, -0.15) is 0 Å². The fourth-order valence-corrected chi connectivity index (χ4v) is 2.63. The number of ether oxygens (including phenoxy) is 1. The number of rotatable bonds is 6. The molecule has 9 heteroatoms. The van der Waals surface area contributed by atoms with E-state index in [1.165, 1.54) is 0 Å². The van der Waals surface area contributed by atoms with Crippen LogP contribution >= 0.6 is 12.4 Å². The molecule has 0 fully saturated rings. The van der Waals surface area contributed by atoms with Crippen LogP contribution < -0.4 is 16.0 Å². The van der Waals surface area contributed by atoms with Crippen molar-refractivity contribution in [3.8, 4) is 0 Å². The number of carbonyl (C=O) groups excluding carboxylic acids is 2. The van der Waals surface area contributed by atoms with E-state index in [-0.39, 0.29) is 25.0 Å². The van der Waals surface area contributed by atoms with Gasteiger partial charge in [0.15, 0.2) is 0 Å². The summed E-state index contributed by atoms with van der Waals surface area (Å²) in [5.41, 5.74) is 1.71. The number of nitrogens with zero attached hydrogens (tertiary/aromatic N) is 2. The van der Waals surface area contributed by atoms with Crippen LogP contribution in [0.3, 0.4) is 0 Å². The molecule has 0 aliphatic heterocycles. The SMILES string of the molecule is CCNC(=O)Nc1cc2cccc(CNC(=O)OCc3cccnc3)c2cn1.Cl. The monoisotopic (exact) mass is 415 g/mol. The third kappa shape index (κ3) is 6.32. The third-order valence-corrected chi connectivity index (χ3v) is 3.95. The average molecular weight is 416 g/mol. The summed E-state index contributed by atoms with van der Waals surface area (Å²) in [6.07, 6.45) is 4.48. The number of alkyl carbamates (subject to hydrolysis) is 1. The summed E-state index contributed by atoms with van der Waals surface area (Å²) < 4.78 is 5.19. The highest BCUT2D eigenvalue weighted by Gasteiger charge is 2.08. The zero-order valence-corrected chi connectivity index (χ0v) is 16.7. The van der Waals surface area contributed by atoms with Gasteiger partial charge in [0.2, 0.25) is 0 Å². The predicted molar refractivity (Wildman–Crippen MR) is 113 cm³/mol. The molecular weight excluding hydrogens is 394 g/mol. The Morgan fingerprint density at radius 2 is 1.97 bits per heavy atom. The molecule has 1 aromatic carbocycles. The number of hydrogen-bond acceptors (Lipinski definition) is 5. The van der Waals surface area contributed by atoms with E-state index in [1.54, 1.807) is 30.7 Å². The predicted octanol–water partition coefficient (Wildman–Crippen LogP) is 3.62. The minimum absolute atomic E-state index is 0. The van der Waals surface area contributed by atoms with Gasteiger partial charge in [0.05, 0.1) is 0 Å². The molecule has 0 spiro atoms. The smallest absolute Gasteiger partial charge is 0.407 e. The van der Waals surface area contributed by atoms with E-state index in [0.717, 1.165) is 21.9 Å². The minimum Gasteiger partial charge on any atom is -0.445 e. The van der Waals surface area contributed by atoms with Gasteiger partial charge >= 0.3 is 12.1 Å². The second-order valence-electron chi connectivity index (χ2n) is 5.98. The van der Waals surface area contributed by atoms with Gasteiger partial charge < -0.3 is 15.4 Å². The summed E-state index contributed by atoms with van der Waals surface area (Å²) in [6.45, 7) is 2.83. The molecule has 0 atom stereocenters. The number of amides is 3. The lowest BCUT2D eigenvalue weighted by molar-refractivity contribution is 0.139. The van der Waals surface area contributed by atoms with Crippen molar-refractivity contribution in [1.29, 1.82) is 0 Å². The summed E-state index contributed by atoms with van der Waals surface area (Å²) in [4.78, 5) is 31.8. The number of aromatic nitrogens is 2. The highest BCUT2D eigenvalue weighted by Crippen LogP contribution is 2.20. The van der Waals surface area contributed by atoms with Gasteiger partial charge in [-0.05, 0) is 30.0 Å². The molecule has 29 heavy (non-hydrogen) atoms. The maximum absolute atomic E-state index is 11.9. The van der Waals surface area contributed by atoms with E-state index in [0.29, 0.717) is 18.9 Å². The Morgan fingerprint density at radius 3 is 2.72 bits per heavy atom. The van der Waals surface area contributed by atoms with Crippen molar-refractivity contribution < 1.29 is 14.3 Å². The first kappa shape index (κ1) is 21.9. The summed E-state index contributed by atoms with van der Waals surface area (Å²) in [5, 5.41) is 9.86. The van der Waals surface area contributed by atoms with Crippen LogP contribution in [0.25, 0.3) is 10.8 Å². The molecule has 8 nitrogen and oxygen atoms in total. The molecule has 0 aliphatic rings. The lowest BCUT2D eigenvalue weighted by atomic mass is 10.1. The number of halogens is 1. The second-order valence-corrected chi connectivity index (χ2v) is 5.98. The van der Waals surface area contributed by atoms with Crippen LogP contribution in [-0.4, -0.2) is 28.6 Å². The fraction of sp³-hybridized carbons (Fsp3) is 0.200. The molecule has 0 saturated heterocycles. The molecular formula is C20H22ClN5O3. The summed E-state index contributed by atoms with van der Waals surface area (Å²) in [7, 11) is 0. The number of carbonyl (C=O) groups is 2. The second kappa shape index (κ2) is 10.8. The average Bonchev–Trinajstić information content (AvgIpc) is 2.71. The Bertz CT molecular complexity index is 969. The summed E-state index contributed by atoms with van der Waals surface area (Å²) in [6, 6.07) is 10.8. The Morgan fingerprint density at radius 1 is 1.10 bits per heavy atom. The zero-order chi connectivity index (χ0) is 19.8. The van der Waals surface area contributed by atoms with E-state index in [1.807, 2.05) is 31.2 Å². The Kier molecular flexibility index (Phi) is 8.17. The lowest BCUT2D eigenvalue weighted by Gasteiger charge is -2.10. The summed E-state index contributed by atoms with van der Waals surface area (Å²) >= 11 is 0. The fourth-order valence-electron chi connectivity index (χ4n) is 2.63. The Balaban J connectivity index is 0.00000300. The number of hydrogen-bond donors (Lipinski definition) is 3. The van der Waals surface area contributed by atoms with Crippen molar-refractivity contribution in [2.45, 2.75) is 20.1 Å². The van der Waals surface area contributed by atoms with Crippen molar-refractivity contribution in [3.63, 3.8) is 0 Å².